The van der Waals surface area contributed by atoms with E-state index in [4.69, 9.17) is 14.9 Å². The van der Waals surface area contributed by atoms with Crippen LogP contribution in [0.3, 0.4) is 0 Å². The van der Waals surface area contributed by atoms with Gasteiger partial charge in [0.15, 0.2) is 12.4 Å². The van der Waals surface area contributed by atoms with Gasteiger partial charge in [-0.15, -0.1) is 0 Å². The molecule has 3 rings (SSSR count). The van der Waals surface area contributed by atoms with Crippen molar-refractivity contribution in [2.75, 3.05) is 44.8 Å². The van der Waals surface area contributed by atoms with E-state index in [1.807, 2.05) is 46.4 Å². The number of ether oxygens (including phenoxy) is 2. The number of carbonyl (C=O) groups excluding carboxylic acids is 2. The van der Waals surface area contributed by atoms with Gasteiger partial charge in [-0.2, -0.15) is 0 Å². The van der Waals surface area contributed by atoms with Crippen LogP contribution in [-0.2, 0) is 16.8 Å². The number of carboxylic acids is 1. The van der Waals surface area contributed by atoms with Gasteiger partial charge < -0.3 is 29.7 Å². The van der Waals surface area contributed by atoms with Crippen LogP contribution in [0.15, 0.2) is 24.3 Å². The maximum Gasteiger partial charge on any atom is 0.341 e. The first-order valence-electron chi connectivity index (χ1n) is 13.5. The van der Waals surface area contributed by atoms with Crippen LogP contribution < -0.4 is 19.7 Å². The SMILES string of the molecule is CCOc1cc2c(cc1C(=O)NC)C(=N)N(CC(=O)c1cc(N(CC)CC)c(OCC(=O)O)c(C(C)(C)C)c1)C2. The number of carboxylic acid groups (broad SMARTS) is 1. The van der Waals surface area contributed by atoms with Crippen LogP contribution >= 0.6 is 0 Å². The third kappa shape index (κ3) is 6.38. The minimum absolute atomic E-state index is 0.0383. The smallest absolute Gasteiger partial charge is 0.341 e. The Kier molecular flexibility index (Phi) is 9.44. The third-order valence-electron chi connectivity index (χ3n) is 6.89. The molecule has 0 saturated carbocycles. The summed E-state index contributed by atoms with van der Waals surface area (Å²) in [6.45, 7) is 13.3. The summed E-state index contributed by atoms with van der Waals surface area (Å²) in [5.41, 5.74) is 3.17. The highest BCUT2D eigenvalue weighted by molar-refractivity contribution is 6.08. The van der Waals surface area contributed by atoms with Crippen molar-refractivity contribution in [2.45, 2.75) is 53.5 Å². The number of amidine groups is 1. The molecule has 0 atom stereocenters. The number of carbonyl (C=O) groups is 3. The second-order valence-corrected chi connectivity index (χ2v) is 10.6. The fourth-order valence-electron chi connectivity index (χ4n) is 4.83. The van der Waals surface area contributed by atoms with Crippen molar-refractivity contribution in [1.29, 1.82) is 5.41 Å². The molecular weight excluding hydrogens is 512 g/mol. The number of amides is 1. The molecule has 0 fully saturated rings. The molecule has 10 nitrogen and oxygen atoms in total. The zero-order valence-electron chi connectivity index (χ0n) is 24.4. The van der Waals surface area contributed by atoms with E-state index in [9.17, 15) is 19.5 Å². The molecule has 0 radical (unpaired) electrons. The molecule has 2 aromatic carbocycles. The second kappa shape index (κ2) is 12.4. The number of nitrogens with zero attached hydrogens (tertiary/aromatic N) is 2. The number of hydrogen-bond donors (Lipinski definition) is 3. The molecule has 2 aromatic rings. The first-order valence-corrected chi connectivity index (χ1v) is 13.5. The van der Waals surface area contributed by atoms with E-state index in [1.165, 1.54) is 7.05 Å². The minimum atomic E-state index is -1.08. The lowest BCUT2D eigenvalue weighted by Gasteiger charge is -2.30. The summed E-state index contributed by atoms with van der Waals surface area (Å²) >= 11 is 0. The number of aliphatic carboxylic acids is 1. The van der Waals surface area contributed by atoms with Crippen LogP contribution in [0.1, 0.15) is 78.9 Å². The number of ketones is 1. The average molecular weight is 553 g/mol. The zero-order valence-corrected chi connectivity index (χ0v) is 24.4. The molecular formula is C30H40N4O6. The number of fused-ring (bicyclic) bond motifs is 1. The molecule has 0 bridgehead atoms. The van der Waals surface area contributed by atoms with E-state index in [-0.39, 0.29) is 24.1 Å². The van der Waals surface area contributed by atoms with E-state index in [0.717, 1.165) is 11.1 Å². The van der Waals surface area contributed by atoms with E-state index in [2.05, 4.69) is 5.32 Å². The van der Waals surface area contributed by atoms with E-state index in [1.54, 1.807) is 29.2 Å². The van der Waals surface area contributed by atoms with Crippen LogP contribution in [-0.4, -0.2) is 73.4 Å². The predicted octanol–water partition coefficient (Wildman–Crippen LogP) is 4.08. The van der Waals surface area contributed by atoms with Crippen LogP contribution in [0.25, 0.3) is 0 Å². The molecule has 1 heterocycles. The van der Waals surface area contributed by atoms with Crippen molar-refractivity contribution in [2.24, 2.45) is 0 Å². The van der Waals surface area contributed by atoms with Gasteiger partial charge in [0, 0.05) is 43.4 Å². The molecule has 1 aliphatic heterocycles. The summed E-state index contributed by atoms with van der Waals surface area (Å²) < 4.78 is 11.5. The summed E-state index contributed by atoms with van der Waals surface area (Å²) in [7, 11) is 1.54. The largest absolute Gasteiger partial charge is 0.493 e. The molecule has 1 amide bonds. The summed E-state index contributed by atoms with van der Waals surface area (Å²) in [5, 5.41) is 20.7. The molecule has 0 aromatic heterocycles. The standard InChI is InChI=1S/C30H40N4O6/c1-8-33(9-2)23-12-18(11-22(30(4,5)6)27(23)40-17-26(36)37)24(35)16-34-15-19-13-25(39-10-3)21(29(38)32-7)14-20(19)28(34)31/h11-14,31H,8-10,15-17H2,1-7H3,(H,32,38)(H,36,37). The third-order valence-corrected chi connectivity index (χ3v) is 6.89. The lowest BCUT2D eigenvalue weighted by atomic mass is 9.84. The second-order valence-electron chi connectivity index (χ2n) is 10.6. The molecule has 10 heteroatoms. The van der Waals surface area contributed by atoms with E-state index >= 15 is 0 Å². The van der Waals surface area contributed by atoms with Crippen molar-refractivity contribution >= 4 is 29.2 Å². The van der Waals surface area contributed by atoms with Gasteiger partial charge in [-0.05, 0) is 56.0 Å². The number of Topliss-reactive ketones (excluding diaryl/α,β-unsaturated/α-hetero) is 1. The first kappa shape index (κ1) is 30.5. The highest BCUT2D eigenvalue weighted by Gasteiger charge is 2.31. The van der Waals surface area contributed by atoms with Crippen molar-refractivity contribution in [3.8, 4) is 11.5 Å². The Labute approximate surface area is 235 Å². The Morgan fingerprint density at radius 1 is 1.07 bits per heavy atom. The van der Waals surface area contributed by atoms with E-state index in [0.29, 0.717) is 60.1 Å². The summed E-state index contributed by atoms with van der Waals surface area (Å²) in [6, 6.07) is 6.95. The van der Waals surface area contributed by atoms with Gasteiger partial charge in [-0.1, -0.05) is 20.8 Å². The van der Waals surface area contributed by atoms with Gasteiger partial charge in [0.25, 0.3) is 5.91 Å². The highest BCUT2D eigenvalue weighted by Crippen LogP contribution is 2.41. The maximum atomic E-state index is 13.7. The van der Waals surface area contributed by atoms with Gasteiger partial charge in [-0.3, -0.25) is 15.0 Å². The van der Waals surface area contributed by atoms with Gasteiger partial charge in [0.05, 0.1) is 24.4 Å². The molecule has 0 aliphatic carbocycles. The Morgan fingerprint density at radius 2 is 1.75 bits per heavy atom. The van der Waals surface area contributed by atoms with Gasteiger partial charge in [0.2, 0.25) is 0 Å². The quantitative estimate of drug-likeness (QED) is 0.336. The van der Waals surface area contributed by atoms with Crippen molar-refractivity contribution in [3.05, 3.63) is 52.1 Å². The lowest BCUT2D eigenvalue weighted by molar-refractivity contribution is -0.139. The van der Waals surface area contributed by atoms with Gasteiger partial charge in [-0.25, -0.2) is 4.79 Å². The van der Waals surface area contributed by atoms with Gasteiger partial charge in [0.1, 0.15) is 17.3 Å². The lowest BCUT2D eigenvalue weighted by Crippen LogP contribution is -2.31. The number of anilines is 1. The van der Waals surface area contributed by atoms with Crippen LogP contribution in [0.4, 0.5) is 5.69 Å². The fraction of sp³-hybridized carbons (Fsp3) is 0.467. The number of nitrogens with one attached hydrogen (secondary N) is 2. The molecule has 1 aliphatic rings. The molecule has 0 saturated heterocycles. The molecule has 0 unspecified atom stereocenters. The van der Waals surface area contributed by atoms with Crippen molar-refractivity contribution in [1.82, 2.24) is 10.2 Å². The first-order chi connectivity index (χ1) is 18.9. The van der Waals surface area contributed by atoms with Crippen molar-refractivity contribution < 1.29 is 29.0 Å². The fourth-order valence-corrected chi connectivity index (χ4v) is 4.83. The molecule has 0 spiro atoms. The normalized spacial score (nSPS) is 12.7. The van der Waals surface area contributed by atoms with E-state index < -0.39 is 18.0 Å². The maximum absolute atomic E-state index is 13.7. The Bertz CT molecular complexity index is 1310. The van der Waals surface area contributed by atoms with Crippen LogP contribution in [0.5, 0.6) is 11.5 Å². The summed E-state index contributed by atoms with van der Waals surface area (Å²) in [4.78, 5) is 41.2. The van der Waals surface area contributed by atoms with Crippen LogP contribution in [0, 0.1) is 5.41 Å². The molecule has 216 valence electrons. The average Bonchev–Trinajstić information content (AvgIpc) is 3.20. The van der Waals surface area contributed by atoms with Crippen LogP contribution in [0.2, 0.25) is 0 Å². The minimum Gasteiger partial charge on any atom is -0.493 e. The molecule has 3 N–H and O–H groups in total. The van der Waals surface area contributed by atoms with Crippen molar-refractivity contribution in [3.63, 3.8) is 0 Å². The molecule has 40 heavy (non-hydrogen) atoms. The summed E-state index contributed by atoms with van der Waals surface area (Å²) in [5.74, 6) is -0.503. The Morgan fingerprint density at radius 3 is 2.30 bits per heavy atom. The number of rotatable bonds is 12. The number of benzene rings is 2. The predicted molar refractivity (Wildman–Crippen MR) is 154 cm³/mol. The van der Waals surface area contributed by atoms with Gasteiger partial charge >= 0.3 is 5.97 Å². The Hall–Kier alpha value is -4.08. The zero-order chi connectivity index (χ0) is 29.8. The topological polar surface area (TPSA) is 132 Å². The Balaban J connectivity index is 2.00. The highest BCUT2D eigenvalue weighted by atomic mass is 16.5. The number of hydrogen-bond acceptors (Lipinski definition) is 7. The summed E-state index contributed by atoms with van der Waals surface area (Å²) in [6.07, 6.45) is 0. The monoisotopic (exact) mass is 552 g/mol.